The van der Waals surface area contributed by atoms with Crippen LogP contribution < -0.4 is 9.80 Å². The van der Waals surface area contributed by atoms with Crippen molar-refractivity contribution in [3.63, 3.8) is 0 Å². The summed E-state index contributed by atoms with van der Waals surface area (Å²) in [6.45, 7) is 8.19. The van der Waals surface area contributed by atoms with Crippen LogP contribution in [0.2, 0.25) is 0 Å². The minimum Gasteiger partial charge on any atom is -0.455 e. The van der Waals surface area contributed by atoms with Crippen LogP contribution >= 0.6 is 0 Å². The van der Waals surface area contributed by atoms with Crippen molar-refractivity contribution in [1.29, 1.82) is 0 Å². The van der Waals surface area contributed by atoms with Gasteiger partial charge in [0.05, 0.1) is 37.2 Å². The quantitative estimate of drug-likeness (QED) is 0.144. The molecule has 70 heavy (non-hydrogen) atoms. The molecule has 0 unspecified atom stereocenters. The van der Waals surface area contributed by atoms with Crippen molar-refractivity contribution < 1.29 is 23.9 Å². The number of nitrogens with zero attached hydrogens (tertiary/aromatic N) is 4. The minimum absolute atomic E-state index is 0.00519. The number of benzene rings is 8. The summed E-state index contributed by atoms with van der Waals surface area (Å²) in [4.78, 5) is 14.0. The largest absolute Gasteiger partial charge is 0.455 e. The molecule has 4 aromatic heterocycles. The summed E-state index contributed by atoms with van der Waals surface area (Å²) in [6, 6.07) is 36.1. The van der Waals surface area contributed by atoms with Gasteiger partial charge in [-0.05, 0) is 113 Å². The normalized spacial score (nSPS) is 14.9. The van der Waals surface area contributed by atoms with E-state index in [9.17, 15) is 5.48 Å². The van der Waals surface area contributed by atoms with Gasteiger partial charge < -0.3 is 8.83 Å². The average Bonchev–Trinajstić information content (AvgIpc) is 2.22. The molecular formula is C64H48N4O2. The highest BCUT2D eigenvalue weighted by Crippen LogP contribution is 2.61. The summed E-state index contributed by atoms with van der Waals surface area (Å²) in [5.74, 6) is 0.535. The van der Waals surface area contributed by atoms with E-state index in [1.165, 1.54) is 12.3 Å². The summed E-state index contributed by atoms with van der Waals surface area (Å²) < 4.78 is 112. The van der Waals surface area contributed by atoms with Crippen LogP contribution in [0.1, 0.15) is 58.1 Å². The van der Waals surface area contributed by atoms with Crippen molar-refractivity contribution in [3.05, 3.63) is 229 Å². The van der Waals surface area contributed by atoms with Crippen molar-refractivity contribution in [3.8, 4) is 33.4 Å². The Morgan fingerprint density at radius 2 is 1.06 bits per heavy atom. The van der Waals surface area contributed by atoms with Gasteiger partial charge in [0, 0.05) is 62.2 Å². The number of aromatic nitrogens is 2. The number of aryl methyl sites for hydroxylation is 2. The zero-order valence-electron chi connectivity index (χ0n) is 49.6. The fourth-order valence-corrected chi connectivity index (χ4v) is 10.4. The lowest BCUT2D eigenvalue weighted by Crippen LogP contribution is -2.19. The van der Waals surface area contributed by atoms with Crippen LogP contribution in [0, 0.1) is 6.92 Å². The number of fused-ring (bicyclic) bond motifs is 11. The van der Waals surface area contributed by atoms with Crippen molar-refractivity contribution in [2.45, 2.75) is 39.5 Å². The first kappa shape index (κ1) is 31.3. The number of hydrogen-bond acceptors (Lipinski definition) is 6. The third-order valence-corrected chi connectivity index (χ3v) is 13.6. The average molecular weight is 916 g/mol. The third kappa shape index (κ3) is 6.40. The summed E-state index contributed by atoms with van der Waals surface area (Å²) in [5, 5.41) is 2.98. The summed E-state index contributed by atoms with van der Waals surface area (Å²) in [5.41, 5.74) is 9.41. The maximum Gasteiger partial charge on any atom is 0.145 e. The smallest absolute Gasteiger partial charge is 0.145 e. The molecule has 1 aliphatic carbocycles. The second-order valence-corrected chi connectivity index (χ2v) is 18.1. The predicted octanol–water partition coefficient (Wildman–Crippen LogP) is 17.7. The molecule has 0 bridgehead atoms. The minimum atomic E-state index is -0.876. The van der Waals surface area contributed by atoms with Crippen LogP contribution in [0.3, 0.4) is 0 Å². The van der Waals surface area contributed by atoms with Crippen molar-refractivity contribution in [2.75, 3.05) is 9.80 Å². The second-order valence-electron chi connectivity index (χ2n) is 18.1. The van der Waals surface area contributed by atoms with Crippen LogP contribution in [0.5, 0.6) is 0 Å². The van der Waals surface area contributed by atoms with E-state index in [0.717, 1.165) is 50.4 Å². The Morgan fingerprint density at radius 1 is 0.543 bits per heavy atom. The van der Waals surface area contributed by atoms with Crippen LogP contribution in [-0.2, 0) is 11.8 Å². The van der Waals surface area contributed by atoms with Gasteiger partial charge in [-0.15, -0.1) is 0 Å². The Kier molecular flexibility index (Phi) is 7.26. The highest BCUT2D eigenvalue weighted by atomic mass is 16.3. The molecule has 0 atom stereocenters. The molecule has 0 saturated carbocycles. The Balaban J connectivity index is 1.15. The molecule has 4 heterocycles. The molecule has 336 valence electrons. The number of rotatable bonds is 9. The van der Waals surface area contributed by atoms with E-state index < -0.39 is 53.8 Å². The first-order valence-corrected chi connectivity index (χ1v) is 23.2. The van der Waals surface area contributed by atoms with Gasteiger partial charge in [0.1, 0.15) is 34.0 Å². The number of para-hydroxylation sites is 3. The summed E-state index contributed by atoms with van der Waals surface area (Å²) in [7, 11) is 0. The molecule has 6 nitrogen and oxygen atoms in total. The predicted molar refractivity (Wildman–Crippen MR) is 289 cm³/mol. The van der Waals surface area contributed by atoms with Gasteiger partial charge in [-0.2, -0.15) is 0 Å². The topological polar surface area (TPSA) is 58.5 Å². The summed E-state index contributed by atoms with van der Waals surface area (Å²) >= 11 is 0. The molecular weight excluding hydrogens is 857 g/mol. The van der Waals surface area contributed by atoms with E-state index in [0.29, 0.717) is 67.4 Å². The molecule has 6 heteroatoms. The summed E-state index contributed by atoms with van der Waals surface area (Å²) in [6.07, 6.45) is 3.86. The lowest BCUT2D eigenvalue weighted by molar-refractivity contribution is 0.650. The monoisotopic (exact) mass is 915 g/mol. The number of anilines is 6. The Bertz CT molecular complexity index is 4600. The van der Waals surface area contributed by atoms with E-state index >= 15 is 0 Å². The van der Waals surface area contributed by atoms with Gasteiger partial charge >= 0.3 is 0 Å². The zero-order valence-corrected chi connectivity index (χ0v) is 38.6. The Morgan fingerprint density at radius 3 is 1.63 bits per heavy atom. The fourth-order valence-electron chi connectivity index (χ4n) is 10.4. The molecule has 12 aromatic rings. The lowest BCUT2D eigenvalue weighted by Gasteiger charge is -2.30. The second kappa shape index (κ2) is 16.2. The molecule has 0 saturated heterocycles. The van der Waals surface area contributed by atoms with E-state index in [1.807, 2.05) is 120 Å². The molecule has 0 amide bonds. The molecule has 0 spiro atoms. The van der Waals surface area contributed by atoms with Gasteiger partial charge in [-0.25, -0.2) is 9.97 Å². The SMILES string of the molecule is [2H]c1cnc(N(c2ccc(CC)cc2)c2cc3c(c4oc5ccccc5c24)-c2c(cc(N(c4ccccc4)c4ncc(C)cc4-c4c([2H])c([2H])c([2H])c([2H])c4[2H])c4c2oc2ccccc24)C3(C)C)c(-c2c([2H])c([2H])c([2H])c([2H])c2[2H])c1. The van der Waals surface area contributed by atoms with Crippen molar-refractivity contribution in [1.82, 2.24) is 9.97 Å². The molecule has 8 aromatic carbocycles. The Labute approximate surface area is 422 Å². The number of pyridine rings is 2. The molecule has 0 radical (unpaired) electrons. The van der Waals surface area contributed by atoms with Gasteiger partial charge in [-0.1, -0.05) is 148 Å². The van der Waals surface area contributed by atoms with E-state index in [-0.39, 0.29) is 40.6 Å². The molecule has 0 N–H and O–H groups in total. The Hall–Kier alpha value is -8.74. The van der Waals surface area contributed by atoms with E-state index in [1.54, 1.807) is 12.3 Å². The highest BCUT2D eigenvalue weighted by molar-refractivity contribution is 6.24. The molecule has 1 aliphatic rings. The van der Waals surface area contributed by atoms with Gasteiger partial charge in [0.15, 0.2) is 0 Å². The maximum absolute atomic E-state index is 9.22. The van der Waals surface area contributed by atoms with Crippen LogP contribution in [-0.4, -0.2) is 9.97 Å². The van der Waals surface area contributed by atoms with Gasteiger partial charge in [0.25, 0.3) is 0 Å². The lowest BCUT2D eigenvalue weighted by atomic mass is 9.81. The third-order valence-electron chi connectivity index (χ3n) is 13.6. The molecule has 13 rings (SSSR count). The van der Waals surface area contributed by atoms with E-state index in [2.05, 4.69) is 32.9 Å². The van der Waals surface area contributed by atoms with E-state index in [4.69, 9.17) is 28.4 Å². The maximum atomic E-state index is 9.22. The first-order valence-electron chi connectivity index (χ1n) is 28.7. The molecule has 0 fully saturated rings. The molecule has 0 aliphatic heterocycles. The zero-order chi connectivity index (χ0) is 56.7. The van der Waals surface area contributed by atoms with Gasteiger partial charge in [0.2, 0.25) is 0 Å². The standard InChI is InChI=1S/C64H48N4O2/c1-5-41-31-33-45(34-32-41)68(62-46(28-19-35-65-62)42-20-9-6-10-21-42)53-38-51-59(61-57(53)48-27-16-18-30-55(48)70-61)58-50(64(51,3)4)37-52(56-47-26-15-17-29-54(47)69-60(56)58)67(44-24-13-8-14-25-44)63-49(36-40(2)39-66-63)43-22-11-7-12-23-43/h6-39H,5H2,1-4H3/i6D,7D,9D,10D,11D,12D,19D,20D,21D,22D,23D. The number of furan rings is 2. The van der Waals surface area contributed by atoms with Gasteiger partial charge in [-0.3, -0.25) is 9.80 Å². The van der Waals surface area contributed by atoms with Crippen LogP contribution in [0.25, 0.3) is 77.3 Å². The van der Waals surface area contributed by atoms with Crippen LogP contribution in [0.4, 0.5) is 34.4 Å². The number of hydrogen-bond donors (Lipinski definition) is 0. The fraction of sp³-hybridized carbons (Fsp3) is 0.0938. The van der Waals surface area contributed by atoms with Crippen LogP contribution in [0.15, 0.2) is 215 Å². The van der Waals surface area contributed by atoms with Crippen molar-refractivity contribution >= 4 is 78.3 Å². The first-order chi connectivity index (χ1) is 38.9. The highest BCUT2D eigenvalue weighted by Gasteiger charge is 2.43. The van der Waals surface area contributed by atoms with Crippen molar-refractivity contribution in [2.24, 2.45) is 0 Å².